The molecule has 2 atom stereocenters. The molecule has 0 aromatic heterocycles. The first-order valence-electron chi connectivity index (χ1n) is 13.9. The maximum atomic E-state index is 14.2. The van der Waals surface area contributed by atoms with Crippen molar-refractivity contribution in [2.45, 2.75) is 77.9 Å². The van der Waals surface area contributed by atoms with Crippen LogP contribution >= 0.6 is 11.6 Å². The Labute approximate surface area is 249 Å². The van der Waals surface area contributed by atoms with Crippen LogP contribution in [0.4, 0.5) is 5.69 Å². The van der Waals surface area contributed by atoms with Crippen LogP contribution in [0.15, 0.2) is 71.6 Å². The van der Waals surface area contributed by atoms with Gasteiger partial charge in [-0.1, -0.05) is 55.8 Å². The molecule has 0 spiro atoms. The number of benzene rings is 3. The second kappa shape index (κ2) is 14.0. The third-order valence-electron chi connectivity index (χ3n) is 7.45. The van der Waals surface area contributed by atoms with E-state index in [1.807, 2.05) is 71.9 Å². The summed E-state index contributed by atoms with van der Waals surface area (Å²) in [5.41, 5.74) is 4.11. The normalized spacial score (nSPS) is 12.9. The number of aryl methyl sites for hydroxylation is 3. The van der Waals surface area contributed by atoms with Gasteiger partial charge in [0, 0.05) is 17.6 Å². The highest BCUT2D eigenvalue weighted by atomic mass is 35.5. The number of carbonyl (C=O) groups is 2. The van der Waals surface area contributed by atoms with Crippen molar-refractivity contribution < 1.29 is 18.0 Å². The molecule has 0 fully saturated rings. The third-order valence-corrected chi connectivity index (χ3v) is 9.49. The van der Waals surface area contributed by atoms with Gasteiger partial charge in [-0.2, -0.15) is 0 Å². The molecule has 0 aliphatic carbocycles. The van der Waals surface area contributed by atoms with Gasteiger partial charge >= 0.3 is 0 Å². The SMILES string of the molecule is CC[C@@H](C)NC(=O)[C@H](CC)N(Cc1ccccc1C)C(=O)CN(c1ccc(C)c(C)c1)S(=O)(=O)c1ccc(Cl)cc1. The van der Waals surface area contributed by atoms with E-state index in [0.717, 1.165) is 33.0 Å². The van der Waals surface area contributed by atoms with Gasteiger partial charge < -0.3 is 10.2 Å². The lowest BCUT2D eigenvalue weighted by Crippen LogP contribution is -2.53. The van der Waals surface area contributed by atoms with Gasteiger partial charge in [-0.25, -0.2) is 8.42 Å². The van der Waals surface area contributed by atoms with E-state index in [0.29, 0.717) is 17.1 Å². The largest absolute Gasteiger partial charge is 0.352 e. The molecule has 9 heteroatoms. The summed E-state index contributed by atoms with van der Waals surface area (Å²) in [5.74, 6) is -0.739. The molecule has 220 valence electrons. The molecule has 7 nitrogen and oxygen atoms in total. The Morgan fingerprint density at radius 2 is 1.54 bits per heavy atom. The summed E-state index contributed by atoms with van der Waals surface area (Å²) >= 11 is 6.03. The van der Waals surface area contributed by atoms with Gasteiger partial charge in [-0.15, -0.1) is 0 Å². The van der Waals surface area contributed by atoms with Crippen LogP contribution < -0.4 is 9.62 Å². The predicted octanol–water partition coefficient (Wildman–Crippen LogP) is 6.18. The van der Waals surface area contributed by atoms with Gasteiger partial charge in [0.2, 0.25) is 11.8 Å². The van der Waals surface area contributed by atoms with E-state index in [4.69, 9.17) is 11.6 Å². The first kappa shape index (κ1) is 32.2. The molecule has 0 saturated carbocycles. The summed E-state index contributed by atoms with van der Waals surface area (Å²) in [6, 6.07) is 18.0. The van der Waals surface area contributed by atoms with E-state index < -0.39 is 28.5 Å². The zero-order valence-corrected chi connectivity index (χ0v) is 26.2. The highest BCUT2D eigenvalue weighted by molar-refractivity contribution is 7.92. The number of nitrogens with one attached hydrogen (secondary N) is 1. The van der Waals surface area contributed by atoms with Crippen molar-refractivity contribution in [3.05, 3.63) is 94.0 Å². The fourth-order valence-electron chi connectivity index (χ4n) is 4.47. The number of amides is 2. The zero-order valence-electron chi connectivity index (χ0n) is 24.6. The smallest absolute Gasteiger partial charge is 0.264 e. The van der Waals surface area contributed by atoms with Crippen LogP contribution in [-0.4, -0.2) is 43.8 Å². The lowest BCUT2D eigenvalue weighted by Gasteiger charge is -2.34. The van der Waals surface area contributed by atoms with Crippen LogP contribution in [0.25, 0.3) is 0 Å². The minimum atomic E-state index is -4.16. The Kier molecular flexibility index (Phi) is 11.0. The summed E-state index contributed by atoms with van der Waals surface area (Å²) in [6.45, 7) is 11.2. The highest BCUT2D eigenvalue weighted by Crippen LogP contribution is 2.27. The summed E-state index contributed by atoms with van der Waals surface area (Å²) in [7, 11) is -4.16. The van der Waals surface area contributed by atoms with E-state index in [2.05, 4.69) is 5.32 Å². The first-order valence-corrected chi connectivity index (χ1v) is 15.7. The molecule has 0 heterocycles. The van der Waals surface area contributed by atoms with Crippen molar-refractivity contribution in [1.29, 1.82) is 0 Å². The molecule has 3 aromatic rings. The topological polar surface area (TPSA) is 86.8 Å². The first-order chi connectivity index (χ1) is 19.4. The second-order valence-corrected chi connectivity index (χ2v) is 12.7. The minimum absolute atomic E-state index is 0.0138. The molecule has 1 N–H and O–H groups in total. The van der Waals surface area contributed by atoms with Crippen molar-refractivity contribution in [2.24, 2.45) is 0 Å². The lowest BCUT2D eigenvalue weighted by atomic mass is 10.1. The Morgan fingerprint density at radius 3 is 2.12 bits per heavy atom. The van der Waals surface area contributed by atoms with Gasteiger partial charge in [-0.3, -0.25) is 13.9 Å². The molecule has 0 unspecified atom stereocenters. The standard InChI is InChI=1S/C32H40ClN3O4S/c1-7-25(6)34-32(38)30(8-2)35(20-26-12-10-9-11-23(26)4)31(37)21-36(28-16-13-22(3)24(5)19-28)41(39,40)29-17-14-27(33)15-18-29/h9-19,25,30H,7-8,20-21H2,1-6H3,(H,34,38)/t25-,30+/m1/s1. The molecule has 2 amide bonds. The van der Waals surface area contributed by atoms with E-state index >= 15 is 0 Å². The Morgan fingerprint density at radius 1 is 0.878 bits per heavy atom. The van der Waals surface area contributed by atoms with Crippen molar-refractivity contribution in [1.82, 2.24) is 10.2 Å². The van der Waals surface area contributed by atoms with Crippen LogP contribution in [0.1, 0.15) is 55.9 Å². The Hall–Kier alpha value is -3.36. The maximum absolute atomic E-state index is 14.2. The van der Waals surface area contributed by atoms with Crippen LogP contribution in [0.3, 0.4) is 0 Å². The van der Waals surface area contributed by atoms with Crippen LogP contribution in [-0.2, 0) is 26.2 Å². The third kappa shape index (κ3) is 7.89. The second-order valence-electron chi connectivity index (χ2n) is 10.4. The molecule has 3 rings (SSSR count). The van der Waals surface area contributed by atoms with Crippen molar-refractivity contribution >= 4 is 39.1 Å². The van der Waals surface area contributed by atoms with E-state index in [1.165, 1.54) is 29.2 Å². The van der Waals surface area contributed by atoms with E-state index in [-0.39, 0.29) is 23.4 Å². The van der Waals surface area contributed by atoms with E-state index in [9.17, 15) is 18.0 Å². The molecular weight excluding hydrogens is 558 g/mol. The van der Waals surface area contributed by atoms with E-state index in [1.54, 1.807) is 12.1 Å². The molecule has 0 radical (unpaired) electrons. The van der Waals surface area contributed by atoms with Crippen LogP contribution in [0, 0.1) is 20.8 Å². The Bertz CT molecular complexity index is 1470. The molecular formula is C32H40ClN3O4S. The monoisotopic (exact) mass is 597 g/mol. The number of rotatable bonds is 12. The van der Waals surface area contributed by atoms with Gasteiger partial charge in [0.15, 0.2) is 0 Å². The number of carbonyl (C=O) groups excluding carboxylic acids is 2. The average molecular weight is 598 g/mol. The summed E-state index contributed by atoms with van der Waals surface area (Å²) in [5, 5.41) is 3.40. The number of anilines is 1. The molecule has 3 aromatic carbocycles. The number of nitrogens with zero attached hydrogens (tertiary/aromatic N) is 2. The number of hydrogen-bond donors (Lipinski definition) is 1. The van der Waals surface area contributed by atoms with Crippen molar-refractivity contribution in [2.75, 3.05) is 10.8 Å². The highest BCUT2D eigenvalue weighted by Gasteiger charge is 2.34. The quantitative estimate of drug-likeness (QED) is 0.270. The number of hydrogen-bond acceptors (Lipinski definition) is 4. The van der Waals surface area contributed by atoms with Crippen molar-refractivity contribution in [3.8, 4) is 0 Å². The van der Waals surface area contributed by atoms with Gasteiger partial charge in [-0.05, 0) is 99.2 Å². The molecule has 0 aliphatic heterocycles. The molecule has 0 bridgehead atoms. The van der Waals surface area contributed by atoms with Gasteiger partial charge in [0.1, 0.15) is 12.6 Å². The average Bonchev–Trinajstić information content (AvgIpc) is 2.94. The fourth-order valence-corrected chi connectivity index (χ4v) is 6.01. The lowest BCUT2D eigenvalue weighted by molar-refractivity contribution is -0.140. The maximum Gasteiger partial charge on any atom is 0.264 e. The minimum Gasteiger partial charge on any atom is -0.352 e. The van der Waals surface area contributed by atoms with Gasteiger partial charge in [0.25, 0.3) is 10.0 Å². The number of halogens is 1. The summed E-state index contributed by atoms with van der Waals surface area (Å²) < 4.78 is 29.1. The molecule has 0 aliphatic rings. The predicted molar refractivity (Wildman–Crippen MR) is 166 cm³/mol. The van der Waals surface area contributed by atoms with Crippen LogP contribution in [0.2, 0.25) is 5.02 Å². The molecule has 0 saturated heterocycles. The summed E-state index contributed by atoms with van der Waals surface area (Å²) in [6.07, 6.45) is 1.11. The van der Waals surface area contributed by atoms with Gasteiger partial charge in [0.05, 0.1) is 10.6 Å². The fraction of sp³-hybridized carbons (Fsp3) is 0.375. The van der Waals surface area contributed by atoms with Crippen molar-refractivity contribution in [3.63, 3.8) is 0 Å². The zero-order chi connectivity index (χ0) is 30.3. The number of sulfonamides is 1. The van der Waals surface area contributed by atoms with Crippen LogP contribution in [0.5, 0.6) is 0 Å². The Balaban J connectivity index is 2.10. The summed E-state index contributed by atoms with van der Waals surface area (Å²) in [4.78, 5) is 29.1. The molecule has 41 heavy (non-hydrogen) atoms.